The lowest BCUT2D eigenvalue weighted by atomic mass is 10.1. The van der Waals surface area contributed by atoms with Crippen LogP contribution in [0.15, 0.2) is 22.5 Å². The fourth-order valence-corrected chi connectivity index (χ4v) is 2.88. The molecular weight excluding hydrogens is 228 g/mol. The Labute approximate surface area is 96.3 Å². The van der Waals surface area contributed by atoms with Gasteiger partial charge in [0, 0.05) is 0 Å². The second-order valence-corrected chi connectivity index (χ2v) is 5.28. The molecule has 3 N–H and O–H groups in total. The molecule has 15 heavy (non-hydrogen) atoms. The molecular formula is C10H12N2OS2. The van der Waals surface area contributed by atoms with Crippen molar-refractivity contribution >= 4 is 33.3 Å². The summed E-state index contributed by atoms with van der Waals surface area (Å²) in [6.07, 6.45) is 2.01. The van der Waals surface area contributed by atoms with Crippen molar-refractivity contribution in [2.24, 2.45) is 5.73 Å². The summed E-state index contributed by atoms with van der Waals surface area (Å²) in [5.74, 6) is 0. The van der Waals surface area contributed by atoms with E-state index in [4.69, 9.17) is 10.8 Å². The first-order valence-corrected chi connectivity index (χ1v) is 6.59. The number of aliphatic hydroxyl groups excluding tert-OH is 1. The van der Waals surface area contributed by atoms with Gasteiger partial charge in [0.1, 0.15) is 0 Å². The number of benzene rings is 1. The minimum Gasteiger partial charge on any atom is -0.394 e. The molecule has 0 bridgehead atoms. The largest absolute Gasteiger partial charge is 0.394 e. The number of hydrogen-bond acceptors (Lipinski definition) is 5. The lowest BCUT2D eigenvalue weighted by Crippen LogP contribution is -2.13. The molecule has 1 aromatic carbocycles. The minimum absolute atomic E-state index is 0.0281. The zero-order valence-electron chi connectivity index (χ0n) is 8.30. The van der Waals surface area contributed by atoms with Gasteiger partial charge in [0.25, 0.3) is 0 Å². The van der Waals surface area contributed by atoms with Gasteiger partial charge in [0.2, 0.25) is 0 Å². The van der Waals surface area contributed by atoms with E-state index in [1.165, 1.54) is 0 Å². The van der Waals surface area contributed by atoms with Gasteiger partial charge in [-0.25, -0.2) is 4.98 Å². The zero-order chi connectivity index (χ0) is 10.8. The molecule has 0 saturated carbocycles. The highest BCUT2D eigenvalue weighted by Crippen LogP contribution is 2.29. The van der Waals surface area contributed by atoms with Gasteiger partial charge in [0.15, 0.2) is 4.34 Å². The molecule has 1 atom stereocenters. The highest BCUT2D eigenvalue weighted by atomic mass is 32.2. The monoisotopic (exact) mass is 240 g/mol. The van der Waals surface area contributed by atoms with Crippen molar-refractivity contribution in [2.45, 2.75) is 10.4 Å². The van der Waals surface area contributed by atoms with Crippen LogP contribution in [0.1, 0.15) is 11.6 Å². The molecule has 80 valence electrons. The van der Waals surface area contributed by atoms with Crippen molar-refractivity contribution < 1.29 is 5.11 Å². The molecule has 3 nitrogen and oxygen atoms in total. The number of thioether (sulfide) groups is 1. The molecule has 1 heterocycles. The van der Waals surface area contributed by atoms with E-state index in [1.54, 1.807) is 23.1 Å². The number of rotatable bonds is 3. The number of hydrogen-bond donors (Lipinski definition) is 2. The summed E-state index contributed by atoms with van der Waals surface area (Å²) in [5.41, 5.74) is 7.71. The number of aromatic nitrogens is 1. The van der Waals surface area contributed by atoms with Crippen molar-refractivity contribution in [3.8, 4) is 0 Å². The summed E-state index contributed by atoms with van der Waals surface area (Å²) < 4.78 is 2.18. The third kappa shape index (κ3) is 2.15. The molecule has 5 heteroatoms. The molecule has 1 aromatic heterocycles. The first kappa shape index (κ1) is 10.9. The van der Waals surface area contributed by atoms with Gasteiger partial charge >= 0.3 is 0 Å². The van der Waals surface area contributed by atoms with E-state index in [9.17, 15) is 0 Å². The van der Waals surface area contributed by atoms with Gasteiger partial charge in [-0.1, -0.05) is 17.8 Å². The molecule has 0 spiro atoms. The molecule has 0 amide bonds. The van der Waals surface area contributed by atoms with E-state index in [0.717, 1.165) is 20.1 Å². The number of fused-ring (bicyclic) bond motifs is 1. The Bertz CT molecular complexity index is 469. The second kappa shape index (κ2) is 4.49. The first-order valence-electron chi connectivity index (χ1n) is 4.55. The standard InChI is InChI=1S/C10H12N2OS2/c1-14-10-12-8-3-2-6(7(11)5-13)4-9(8)15-10/h2-4,7,13H,5,11H2,1H3. The van der Waals surface area contributed by atoms with Gasteiger partial charge in [-0.15, -0.1) is 11.3 Å². The Hall–Kier alpha value is -0.620. The van der Waals surface area contributed by atoms with Crippen LogP contribution in [0.2, 0.25) is 0 Å². The Morgan fingerprint density at radius 3 is 3.07 bits per heavy atom. The lowest BCUT2D eigenvalue weighted by molar-refractivity contribution is 0.268. The van der Waals surface area contributed by atoms with Crippen LogP contribution in [-0.4, -0.2) is 23.0 Å². The summed E-state index contributed by atoms with van der Waals surface area (Å²) >= 11 is 3.30. The van der Waals surface area contributed by atoms with Crippen LogP contribution in [0.5, 0.6) is 0 Å². The fraction of sp³-hybridized carbons (Fsp3) is 0.300. The van der Waals surface area contributed by atoms with Gasteiger partial charge in [0.05, 0.1) is 22.9 Å². The molecule has 0 aliphatic rings. The third-order valence-electron chi connectivity index (χ3n) is 2.19. The number of thiazole rings is 1. The minimum atomic E-state index is -0.297. The van der Waals surface area contributed by atoms with E-state index in [1.807, 2.05) is 24.5 Å². The summed E-state index contributed by atoms with van der Waals surface area (Å²) in [4.78, 5) is 4.44. The molecule has 0 aliphatic carbocycles. The molecule has 0 radical (unpaired) electrons. The van der Waals surface area contributed by atoms with Crippen LogP contribution in [-0.2, 0) is 0 Å². The maximum absolute atomic E-state index is 8.97. The van der Waals surface area contributed by atoms with Crippen molar-refractivity contribution in [1.29, 1.82) is 0 Å². The molecule has 2 rings (SSSR count). The van der Waals surface area contributed by atoms with Gasteiger partial charge in [-0.3, -0.25) is 0 Å². The second-order valence-electron chi connectivity index (χ2n) is 3.20. The Balaban J connectivity index is 2.45. The highest BCUT2D eigenvalue weighted by Gasteiger charge is 2.07. The number of nitrogens with zero attached hydrogens (tertiary/aromatic N) is 1. The summed E-state index contributed by atoms with van der Waals surface area (Å²) in [7, 11) is 0. The Morgan fingerprint density at radius 2 is 2.40 bits per heavy atom. The van der Waals surface area contributed by atoms with Gasteiger partial charge in [-0.05, 0) is 24.0 Å². The lowest BCUT2D eigenvalue weighted by Gasteiger charge is -2.07. The van der Waals surface area contributed by atoms with Gasteiger partial charge < -0.3 is 10.8 Å². The average Bonchev–Trinajstić information content (AvgIpc) is 2.69. The normalized spacial score (nSPS) is 13.3. The Morgan fingerprint density at radius 1 is 1.60 bits per heavy atom. The zero-order valence-corrected chi connectivity index (χ0v) is 9.94. The smallest absolute Gasteiger partial charge is 0.150 e. The summed E-state index contributed by atoms with van der Waals surface area (Å²) in [6, 6.07) is 5.59. The van der Waals surface area contributed by atoms with Crippen molar-refractivity contribution in [1.82, 2.24) is 4.98 Å². The molecule has 0 aliphatic heterocycles. The Kier molecular flexibility index (Phi) is 3.25. The topological polar surface area (TPSA) is 59.1 Å². The van der Waals surface area contributed by atoms with Crippen LogP contribution in [0.3, 0.4) is 0 Å². The molecule has 0 saturated heterocycles. The van der Waals surface area contributed by atoms with Crippen LogP contribution in [0.4, 0.5) is 0 Å². The van der Waals surface area contributed by atoms with Crippen molar-refractivity contribution in [3.05, 3.63) is 23.8 Å². The third-order valence-corrected chi connectivity index (χ3v) is 4.20. The summed E-state index contributed by atoms with van der Waals surface area (Å²) in [5, 5.41) is 8.97. The van der Waals surface area contributed by atoms with Crippen LogP contribution < -0.4 is 5.73 Å². The predicted octanol–water partition coefficient (Wildman–Crippen LogP) is 2.01. The fourth-order valence-electron chi connectivity index (χ4n) is 1.34. The van der Waals surface area contributed by atoms with Crippen molar-refractivity contribution in [2.75, 3.05) is 12.9 Å². The van der Waals surface area contributed by atoms with Crippen LogP contribution in [0, 0.1) is 0 Å². The van der Waals surface area contributed by atoms with E-state index in [0.29, 0.717) is 0 Å². The van der Waals surface area contributed by atoms with E-state index < -0.39 is 0 Å². The summed E-state index contributed by atoms with van der Waals surface area (Å²) in [6.45, 7) is -0.0281. The maximum Gasteiger partial charge on any atom is 0.150 e. The van der Waals surface area contributed by atoms with Crippen LogP contribution >= 0.6 is 23.1 Å². The quantitative estimate of drug-likeness (QED) is 0.806. The molecule has 0 fully saturated rings. The average molecular weight is 240 g/mol. The maximum atomic E-state index is 8.97. The van der Waals surface area contributed by atoms with E-state index in [2.05, 4.69) is 4.98 Å². The van der Waals surface area contributed by atoms with Gasteiger partial charge in [-0.2, -0.15) is 0 Å². The van der Waals surface area contributed by atoms with Crippen molar-refractivity contribution in [3.63, 3.8) is 0 Å². The van der Waals surface area contributed by atoms with E-state index >= 15 is 0 Å². The number of aliphatic hydroxyl groups is 1. The highest BCUT2D eigenvalue weighted by molar-refractivity contribution is 8.00. The molecule has 1 unspecified atom stereocenters. The SMILES string of the molecule is CSc1nc2ccc(C(N)CO)cc2s1. The van der Waals surface area contributed by atoms with Crippen LogP contribution in [0.25, 0.3) is 10.2 Å². The first-order chi connectivity index (χ1) is 7.24. The molecule has 2 aromatic rings. The number of nitrogens with two attached hydrogens (primary N) is 1. The predicted molar refractivity (Wildman–Crippen MR) is 65.4 cm³/mol. The van der Waals surface area contributed by atoms with E-state index in [-0.39, 0.29) is 12.6 Å².